The predicted molar refractivity (Wildman–Crippen MR) is 60.8 cm³/mol. The highest BCUT2D eigenvalue weighted by Crippen LogP contribution is 2.18. The van der Waals surface area contributed by atoms with Crippen LogP contribution in [0.15, 0.2) is 12.5 Å². The molecular weight excluding hydrogens is 204 g/mol. The Hall–Kier alpha value is -1.36. The molecule has 1 aliphatic rings. The first-order valence-electron chi connectivity index (χ1n) is 5.78. The third kappa shape index (κ3) is 3.34. The van der Waals surface area contributed by atoms with E-state index in [1.165, 1.54) is 12.8 Å². The zero-order valence-electron chi connectivity index (χ0n) is 9.57. The lowest BCUT2D eigenvalue weighted by atomic mass is 10.4. The Morgan fingerprint density at radius 3 is 3.12 bits per heavy atom. The van der Waals surface area contributed by atoms with Crippen LogP contribution in [0.1, 0.15) is 25.5 Å². The number of nitrogens with one attached hydrogen (secondary N) is 2. The zero-order valence-corrected chi connectivity index (χ0v) is 9.57. The number of carbonyl (C=O) groups is 1. The molecule has 1 aromatic rings. The summed E-state index contributed by atoms with van der Waals surface area (Å²) in [5.74, 6) is 0.0293. The highest BCUT2D eigenvalue weighted by atomic mass is 16.1. The maximum Gasteiger partial charge on any atom is 0.239 e. The smallest absolute Gasteiger partial charge is 0.239 e. The van der Waals surface area contributed by atoms with E-state index in [4.69, 9.17) is 0 Å². The molecule has 1 fully saturated rings. The third-order valence-electron chi connectivity index (χ3n) is 2.54. The summed E-state index contributed by atoms with van der Waals surface area (Å²) in [6.45, 7) is 3.73. The SMILES string of the molecule is CCNC(=O)Cn1cnc(CNC2CC2)c1. The summed E-state index contributed by atoms with van der Waals surface area (Å²) in [4.78, 5) is 15.6. The van der Waals surface area contributed by atoms with Crippen LogP contribution in [-0.2, 0) is 17.9 Å². The van der Waals surface area contributed by atoms with Crippen molar-refractivity contribution in [3.8, 4) is 0 Å². The van der Waals surface area contributed by atoms with E-state index in [-0.39, 0.29) is 5.91 Å². The van der Waals surface area contributed by atoms with Gasteiger partial charge >= 0.3 is 0 Å². The van der Waals surface area contributed by atoms with E-state index in [2.05, 4.69) is 15.6 Å². The molecule has 0 unspecified atom stereocenters. The minimum atomic E-state index is 0.0293. The second-order valence-corrected chi connectivity index (χ2v) is 4.15. The molecule has 1 amide bonds. The van der Waals surface area contributed by atoms with Gasteiger partial charge in [0.25, 0.3) is 0 Å². The molecule has 0 radical (unpaired) electrons. The summed E-state index contributed by atoms with van der Waals surface area (Å²) in [7, 11) is 0. The number of rotatable bonds is 6. The predicted octanol–water partition coefficient (Wildman–Crippen LogP) is 0.271. The third-order valence-corrected chi connectivity index (χ3v) is 2.54. The standard InChI is InChI=1S/C11H18N4O/c1-2-12-11(16)7-15-6-10(14-8-15)5-13-9-3-4-9/h6,8-9,13H,2-5,7H2,1H3,(H,12,16). The first-order valence-corrected chi connectivity index (χ1v) is 5.78. The van der Waals surface area contributed by atoms with Crippen LogP contribution in [0.25, 0.3) is 0 Å². The molecule has 0 spiro atoms. The second-order valence-electron chi connectivity index (χ2n) is 4.15. The van der Waals surface area contributed by atoms with Gasteiger partial charge in [0, 0.05) is 25.3 Å². The van der Waals surface area contributed by atoms with E-state index < -0.39 is 0 Å². The Balaban J connectivity index is 1.78. The normalized spacial score (nSPS) is 15.1. The molecule has 1 heterocycles. The highest BCUT2D eigenvalue weighted by Gasteiger charge is 2.20. The average Bonchev–Trinajstić information content (AvgIpc) is 2.98. The summed E-state index contributed by atoms with van der Waals surface area (Å²) in [5.41, 5.74) is 0.996. The first kappa shape index (κ1) is 11.1. The number of likely N-dealkylation sites (N-methyl/N-ethyl adjacent to an activating group) is 1. The highest BCUT2D eigenvalue weighted by molar-refractivity contribution is 5.75. The molecule has 5 nitrogen and oxygen atoms in total. The van der Waals surface area contributed by atoms with Gasteiger partial charge in [0.1, 0.15) is 6.54 Å². The lowest BCUT2D eigenvalue weighted by Gasteiger charge is -2.02. The number of imidazole rings is 1. The number of hydrogen-bond donors (Lipinski definition) is 2. The van der Waals surface area contributed by atoms with Crippen LogP contribution in [0.5, 0.6) is 0 Å². The molecule has 1 aliphatic carbocycles. The van der Waals surface area contributed by atoms with Crippen molar-refractivity contribution < 1.29 is 4.79 Å². The lowest BCUT2D eigenvalue weighted by molar-refractivity contribution is -0.121. The molecule has 5 heteroatoms. The van der Waals surface area contributed by atoms with Gasteiger partial charge in [0.15, 0.2) is 0 Å². The molecule has 0 saturated heterocycles. The van der Waals surface area contributed by atoms with Crippen molar-refractivity contribution >= 4 is 5.91 Å². The quantitative estimate of drug-likeness (QED) is 0.726. The van der Waals surface area contributed by atoms with Crippen LogP contribution in [0.4, 0.5) is 0 Å². The van der Waals surface area contributed by atoms with Gasteiger partial charge in [-0.3, -0.25) is 4.79 Å². The van der Waals surface area contributed by atoms with Crippen LogP contribution < -0.4 is 10.6 Å². The van der Waals surface area contributed by atoms with Crippen molar-refractivity contribution in [3.63, 3.8) is 0 Å². The van der Waals surface area contributed by atoms with E-state index in [9.17, 15) is 4.79 Å². The van der Waals surface area contributed by atoms with Crippen molar-refractivity contribution in [2.75, 3.05) is 6.54 Å². The van der Waals surface area contributed by atoms with Crippen LogP contribution in [0, 0.1) is 0 Å². The number of hydrogen-bond acceptors (Lipinski definition) is 3. The summed E-state index contributed by atoms with van der Waals surface area (Å²) < 4.78 is 1.81. The van der Waals surface area contributed by atoms with Gasteiger partial charge in [0.2, 0.25) is 5.91 Å². The fraction of sp³-hybridized carbons (Fsp3) is 0.636. The van der Waals surface area contributed by atoms with Gasteiger partial charge in [-0.05, 0) is 19.8 Å². The molecular formula is C11H18N4O. The maximum absolute atomic E-state index is 11.3. The number of nitrogens with zero attached hydrogens (tertiary/aromatic N) is 2. The Bertz CT molecular complexity index is 357. The molecule has 0 aromatic carbocycles. The molecule has 0 aliphatic heterocycles. The van der Waals surface area contributed by atoms with Crippen molar-refractivity contribution in [1.82, 2.24) is 20.2 Å². The number of aromatic nitrogens is 2. The van der Waals surface area contributed by atoms with Crippen molar-refractivity contribution in [3.05, 3.63) is 18.2 Å². The maximum atomic E-state index is 11.3. The van der Waals surface area contributed by atoms with Gasteiger partial charge in [-0.15, -0.1) is 0 Å². The van der Waals surface area contributed by atoms with Crippen molar-refractivity contribution in [1.29, 1.82) is 0 Å². The molecule has 0 bridgehead atoms. The minimum absolute atomic E-state index is 0.0293. The Morgan fingerprint density at radius 1 is 1.62 bits per heavy atom. The van der Waals surface area contributed by atoms with Crippen LogP contribution in [-0.4, -0.2) is 28.0 Å². The summed E-state index contributed by atoms with van der Waals surface area (Å²) >= 11 is 0. The van der Waals surface area contributed by atoms with Gasteiger partial charge in [-0.25, -0.2) is 4.98 Å². The first-order chi connectivity index (χ1) is 7.78. The van der Waals surface area contributed by atoms with Crippen molar-refractivity contribution in [2.24, 2.45) is 0 Å². The van der Waals surface area contributed by atoms with E-state index >= 15 is 0 Å². The molecule has 0 atom stereocenters. The van der Waals surface area contributed by atoms with Crippen LogP contribution >= 0.6 is 0 Å². The molecule has 1 saturated carbocycles. The van der Waals surface area contributed by atoms with Gasteiger partial charge in [-0.2, -0.15) is 0 Å². The summed E-state index contributed by atoms with van der Waals surface area (Å²) in [6.07, 6.45) is 6.18. The Labute approximate surface area is 95.2 Å². The van der Waals surface area contributed by atoms with Gasteiger partial charge in [0.05, 0.1) is 12.0 Å². The van der Waals surface area contributed by atoms with Crippen molar-refractivity contribution in [2.45, 2.75) is 38.9 Å². The fourth-order valence-electron chi connectivity index (χ4n) is 1.54. The molecule has 16 heavy (non-hydrogen) atoms. The van der Waals surface area contributed by atoms with Crippen LogP contribution in [0.2, 0.25) is 0 Å². The monoisotopic (exact) mass is 222 g/mol. The van der Waals surface area contributed by atoms with E-state index in [1.54, 1.807) is 6.33 Å². The van der Waals surface area contributed by atoms with Gasteiger partial charge in [-0.1, -0.05) is 0 Å². The number of carbonyl (C=O) groups excluding carboxylic acids is 1. The minimum Gasteiger partial charge on any atom is -0.355 e. The Kier molecular flexibility index (Phi) is 3.56. The second kappa shape index (κ2) is 5.12. The Morgan fingerprint density at radius 2 is 2.44 bits per heavy atom. The van der Waals surface area contributed by atoms with E-state index in [1.807, 2.05) is 17.7 Å². The average molecular weight is 222 g/mol. The summed E-state index contributed by atoms with van der Waals surface area (Å²) in [5, 5.41) is 6.15. The zero-order chi connectivity index (χ0) is 11.4. The molecule has 1 aromatic heterocycles. The van der Waals surface area contributed by atoms with Crippen LogP contribution in [0.3, 0.4) is 0 Å². The molecule has 2 rings (SSSR count). The van der Waals surface area contributed by atoms with E-state index in [0.717, 1.165) is 12.2 Å². The lowest BCUT2D eigenvalue weighted by Crippen LogP contribution is -2.26. The summed E-state index contributed by atoms with van der Waals surface area (Å²) in [6, 6.07) is 0.688. The molecule has 88 valence electrons. The fourth-order valence-corrected chi connectivity index (χ4v) is 1.54. The van der Waals surface area contributed by atoms with E-state index in [0.29, 0.717) is 19.1 Å². The largest absolute Gasteiger partial charge is 0.355 e. The number of amides is 1. The van der Waals surface area contributed by atoms with Gasteiger partial charge < -0.3 is 15.2 Å². The molecule has 2 N–H and O–H groups in total. The topological polar surface area (TPSA) is 59.0 Å².